The van der Waals surface area contributed by atoms with E-state index in [2.05, 4.69) is 21.4 Å². The Bertz CT molecular complexity index is 564. The van der Waals surface area contributed by atoms with Gasteiger partial charge in [0.25, 0.3) is 0 Å². The predicted octanol–water partition coefficient (Wildman–Crippen LogP) is 3.51. The van der Waals surface area contributed by atoms with Gasteiger partial charge < -0.3 is 9.88 Å². The summed E-state index contributed by atoms with van der Waals surface area (Å²) in [6.07, 6.45) is 5.55. The van der Waals surface area contributed by atoms with E-state index in [0.717, 1.165) is 17.9 Å². The van der Waals surface area contributed by atoms with E-state index >= 15 is 0 Å². The predicted molar refractivity (Wildman–Crippen MR) is 79.7 cm³/mol. The summed E-state index contributed by atoms with van der Waals surface area (Å²) in [6, 6.07) is 5.53. The molecule has 3 nitrogen and oxygen atoms in total. The van der Waals surface area contributed by atoms with Crippen LogP contribution in [0.4, 0.5) is 0 Å². The van der Waals surface area contributed by atoms with E-state index in [4.69, 9.17) is 23.2 Å². The van der Waals surface area contributed by atoms with Crippen LogP contribution in [0, 0.1) is 0 Å². The van der Waals surface area contributed by atoms with Gasteiger partial charge >= 0.3 is 0 Å². The number of nitrogens with zero attached hydrogens (tertiary/aromatic N) is 2. The van der Waals surface area contributed by atoms with Crippen LogP contribution in [0.25, 0.3) is 0 Å². The first-order valence-electron chi connectivity index (χ1n) is 5.96. The van der Waals surface area contributed by atoms with Crippen LogP contribution < -0.4 is 5.32 Å². The Morgan fingerprint density at radius 2 is 2.21 bits per heavy atom. The van der Waals surface area contributed by atoms with E-state index in [0.29, 0.717) is 23.1 Å². The molecule has 0 saturated heterocycles. The van der Waals surface area contributed by atoms with Gasteiger partial charge in [-0.25, -0.2) is 4.98 Å². The summed E-state index contributed by atoms with van der Waals surface area (Å²) < 4.78 is 2.06. The fourth-order valence-corrected chi connectivity index (χ4v) is 2.24. The average Bonchev–Trinajstić information content (AvgIpc) is 2.81. The van der Waals surface area contributed by atoms with Crippen molar-refractivity contribution in [1.82, 2.24) is 14.9 Å². The topological polar surface area (TPSA) is 29.9 Å². The molecule has 0 amide bonds. The summed E-state index contributed by atoms with van der Waals surface area (Å²) >= 11 is 12.1. The van der Waals surface area contributed by atoms with Gasteiger partial charge in [0, 0.05) is 29.0 Å². The molecular formula is C14H15Cl2N3. The summed E-state index contributed by atoms with van der Waals surface area (Å²) in [4.78, 5) is 4.33. The van der Waals surface area contributed by atoms with Crippen molar-refractivity contribution in [2.45, 2.75) is 13.1 Å². The quantitative estimate of drug-likeness (QED) is 0.653. The minimum Gasteiger partial charge on any atom is -0.329 e. The van der Waals surface area contributed by atoms with Gasteiger partial charge in [0.1, 0.15) is 5.82 Å². The Balaban J connectivity index is 2.10. The van der Waals surface area contributed by atoms with Gasteiger partial charge in [-0.15, -0.1) is 6.58 Å². The Kier molecular flexibility index (Phi) is 5.02. The SMILES string of the molecule is C=CCNCc1nccn1Cc1ccc(Cl)cc1Cl. The molecule has 1 N–H and O–H groups in total. The summed E-state index contributed by atoms with van der Waals surface area (Å²) in [6.45, 7) is 5.81. The monoisotopic (exact) mass is 295 g/mol. The van der Waals surface area contributed by atoms with Crippen molar-refractivity contribution in [2.75, 3.05) is 6.54 Å². The fraction of sp³-hybridized carbons (Fsp3) is 0.214. The first-order valence-corrected chi connectivity index (χ1v) is 6.72. The molecule has 0 aliphatic carbocycles. The normalized spacial score (nSPS) is 10.6. The summed E-state index contributed by atoms with van der Waals surface area (Å²) in [5.41, 5.74) is 1.02. The maximum Gasteiger partial charge on any atom is 0.122 e. The second-order valence-electron chi connectivity index (χ2n) is 4.13. The molecule has 0 saturated carbocycles. The number of hydrogen-bond donors (Lipinski definition) is 1. The molecular weight excluding hydrogens is 281 g/mol. The lowest BCUT2D eigenvalue weighted by Crippen LogP contribution is -2.17. The van der Waals surface area contributed by atoms with Gasteiger partial charge in [0.15, 0.2) is 0 Å². The highest BCUT2D eigenvalue weighted by atomic mass is 35.5. The average molecular weight is 296 g/mol. The van der Waals surface area contributed by atoms with Crippen LogP contribution >= 0.6 is 23.2 Å². The Morgan fingerprint density at radius 1 is 1.37 bits per heavy atom. The van der Waals surface area contributed by atoms with Gasteiger partial charge in [-0.3, -0.25) is 0 Å². The molecule has 1 aromatic heterocycles. The zero-order valence-electron chi connectivity index (χ0n) is 10.4. The Labute approximate surface area is 122 Å². The van der Waals surface area contributed by atoms with E-state index in [-0.39, 0.29) is 0 Å². The highest BCUT2D eigenvalue weighted by Crippen LogP contribution is 2.22. The standard InChI is InChI=1S/C14H15Cl2N3/c1-2-5-17-9-14-18-6-7-19(14)10-11-3-4-12(15)8-13(11)16/h2-4,6-8,17H,1,5,9-10H2. The number of nitrogens with one attached hydrogen (secondary N) is 1. The van der Waals surface area contributed by atoms with E-state index in [1.807, 2.05) is 24.4 Å². The molecule has 2 rings (SSSR count). The second kappa shape index (κ2) is 6.75. The lowest BCUT2D eigenvalue weighted by atomic mass is 10.2. The summed E-state index contributed by atoms with van der Waals surface area (Å²) in [7, 11) is 0. The molecule has 0 fully saturated rings. The highest BCUT2D eigenvalue weighted by molar-refractivity contribution is 6.35. The van der Waals surface area contributed by atoms with Crippen molar-refractivity contribution in [2.24, 2.45) is 0 Å². The second-order valence-corrected chi connectivity index (χ2v) is 4.97. The van der Waals surface area contributed by atoms with Gasteiger partial charge in [-0.05, 0) is 17.7 Å². The number of rotatable bonds is 6. The van der Waals surface area contributed by atoms with Crippen LogP contribution in [0.15, 0.2) is 43.2 Å². The molecule has 0 atom stereocenters. The van der Waals surface area contributed by atoms with Crippen molar-refractivity contribution in [3.05, 3.63) is 64.7 Å². The third-order valence-electron chi connectivity index (χ3n) is 2.73. The summed E-state index contributed by atoms with van der Waals surface area (Å²) in [5, 5.41) is 4.55. The Morgan fingerprint density at radius 3 is 2.95 bits per heavy atom. The maximum absolute atomic E-state index is 6.18. The van der Waals surface area contributed by atoms with Crippen LogP contribution in [0.5, 0.6) is 0 Å². The zero-order valence-corrected chi connectivity index (χ0v) is 12.0. The number of imidazole rings is 1. The van der Waals surface area contributed by atoms with Crippen LogP contribution in [0.3, 0.4) is 0 Å². The van der Waals surface area contributed by atoms with Crippen molar-refractivity contribution in [3.8, 4) is 0 Å². The molecule has 5 heteroatoms. The molecule has 1 aromatic carbocycles. The van der Waals surface area contributed by atoms with Crippen molar-refractivity contribution < 1.29 is 0 Å². The smallest absolute Gasteiger partial charge is 0.122 e. The van der Waals surface area contributed by atoms with E-state index in [1.165, 1.54) is 0 Å². The first-order chi connectivity index (χ1) is 9.20. The van der Waals surface area contributed by atoms with Crippen LogP contribution in [0.1, 0.15) is 11.4 Å². The molecule has 0 spiro atoms. The van der Waals surface area contributed by atoms with Crippen molar-refractivity contribution in [3.63, 3.8) is 0 Å². The van der Waals surface area contributed by atoms with E-state index in [1.54, 1.807) is 12.3 Å². The molecule has 0 aliphatic rings. The largest absolute Gasteiger partial charge is 0.329 e. The van der Waals surface area contributed by atoms with E-state index < -0.39 is 0 Å². The number of aromatic nitrogens is 2. The third-order valence-corrected chi connectivity index (χ3v) is 3.32. The molecule has 19 heavy (non-hydrogen) atoms. The van der Waals surface area contributed by atoms with Gasteiger partial charge in [0.2, 0.25) is 0 Å². The van der Waals surface area contributed by atoms with Crippen LogP contribution in [-0.2, 0) is 13.1 Å². The maximum atomic E-state index is 6.18. The molecule has 1 heterocycles. The number of benzene rings is 1. The first kappa shape index (κ1) is 14.1. The lowest BCUT2D eigenvalue weighted by molar-refractivity contribution is 0.653. The summed E-state index contributed by atoms with van der Waals surface area (Å²) in [5.74, 6) is 0.966. The number of hydrogen-bond acceptors (Lipinski definition) is 2. The number of halogens is 2. The highest BCUT2D eigenvalue weighted by Gasteiger charge is 2.06. The zero-order chi connectivity index (χ0) is 13.7. The van der Waals surface area contributed by atoms with E-state index in [9.17, 15) is 0 Å². The molecule has 100 valence electrons. The van der Waals surface area contributed by atoms with Gasteiger partial charge in [0.05, 0.1) is 13.1 Å². The molecule has 0 aliphatic heterocycles. The lowest BCUT2D eigenvalue weighted by Gasteiger charge is -2.10. The third kappa shape index (κ3) is 3.83. The van der Waals surface area contributed by atoms with Crippen LogP contribution in [0.2, 0.25) is 10.0 Å². The molecule has 0 unspecified atom stereocenters. The fourth-order valence-electron chi connectivity index (χ4n) is 1.77. The molecule has 0 bridgehead atoms. The van der Waals surface area contributed by atoms with Gasteiger partial charge in [-0.1, -0.05) is 35.3 Å². The molecule has 0 radical (unpaired) electrons. The van der Waals surface area contributed by atoms with Crippen molar-refractivity contribution >= 4 is 23.2 Å². The van der Waals surface area contributed by atoms with Crippen LogP contribution in [-0.4, -0.2) is 16.1 Å². The van der Waals surface area contributed by atoms with Gasteiger partial charge in [-0.2, -0.15) is 0 Å². The van der Waals surface area contributed by atoms with Crippen molar-refractivity contribution in [1.29, 1.82) is 0 Å². The Hall–Kier alpha value is -1.29. The minimum atomic E-state index is 0.646. The minimum absolute atomic E-state index is 0.646. The molecule has 2 aromatic rings.